The number of carbonyl (C=O) groups is 1. The Hall–Kier alpha value is -2.37. The third kappa shape index (κ3) is 3.27. The first-order chi connectivity index (χ1) is 10.6. The number of hydrogen-bond donors (Lipinski definition) is 1. The quantitative estimate of drug-likeness (QED) is 0.933. The number of nitrogens with zero attached hydrogens (tertiary/aromatic N) is 4. The SMILES string of the molecule is Cc1ccc(N2CCC(NC(=O)c3ccn(C)n3)CC2)nc1. The molecule has 0 unspecified atom stereocenters. The lowest BCUT2D eigenvalue weighted by Gasteiger charge is -2.33. The predicted molar refractivity (Wildman–Crippen MR) is 84.9 cm³/mol. The second-order valence-corrected chi connectivity index (χ2v) is 5.80. The molecule has 0 saturated carbocycles. The van der Waals surface area contributed by atoms with Crippen LogP contribution in [-0.4, -0.2) is 39.8 Å². The van der Waals surface area contributed by atoms with Crippen molar-refractivity contribution in [3.63, 3.8) is 0 Å². The average Bonchev–Trinajstić information content (AvgIpc) is 2.96. The van der Waals surface area contributed by atoms with Crippen molar-refractivity contribution in [2.45, 2.75) is 25.8 Å². The highest BCUT2D eigenvalue weighted by molar-refractivity contribution is 5.92. The lowest BCUT2D eigenvalue weighted by atomic mass is 10.0. The fourth-order valence-electron chi connectivity index (χ4n) is 2.70. The first-order valence-corrected chi connectivity index (χ1v) is 7.60. The molecule has 2 aromatic rings. The molecule has 1 N–H and O–H groups in total. The number of aryl methyl sites for hydroxylation is 2. The van der Waals surface area contributed by atoms with E-state index in [1.807, 2.05) is 20.2 Å². The van der Waals surface area contributed by atoms with E-state index in [4.69, 9.17) is 0 Å². The summed E-state index contributed by atoms with van der Waals surface area (Å²) in [5.41, 5.74) is 1.64. The van der Waals surface area contributed by atoms with Crippen LogP contribution in [0.2, 0.25) is 0 Å². The number of rotatable bonds is 3. The van der Waals surface area contributed by atoms with Crippen LogP contribution in [0.1, 0.15) is 28.9 Å². The van der Waals surface area contributed by atoms with Gasteiger partial charge in [0.05, 0.1) is 0 Å². The van der Waals surface area contributed by atoms with E-state index in [0.717, 1.165) is 31.7 Å². The molecule has 0 aromatic carbocycles. The van der Waals surface area contributed by atoms with Gasteiger partial charge in [0, 0.05) is 38.6 Å². The van der Waals surface area contributed by atoms with Gasteiger partial charge in [-0.05, 0) is 37.5 Å². The first-order valence-electron chi connectivity index (χ1n) is 7.60. The Balaban J connectivity index is 1.53. The Morgan fingerprint density at radius 2 is 2.05 bits per heavy atom. The lowest BCUT2D eigenvalue weighted by molar-refractivity contribution is 0.0925. The Kier molecular flexibility index (Phi) is 4.09. The molecule has 1 aliphatic heterocycles. The van der Waals surface area contributed by atoms with Crippen molar-refractivity contribution in [3.8, 4) is 0 Å². The number of carbonyl (C=O) groups excluding carboxylic acids is 1. The molecular weight excluding hydrogens is 278 g/mol. The summed E-state index contributed by atoms with van der Waals surface area (Å²) in [6.07, 6.45) is 5.52. The summed E-state index contributed by atoms with van der Waals surface area (Å²) < 4.78 is 1.64. The molecule has 0 aliphatic carbocycles. The molecule has 3 rings (SSSR count). The van der Waals surface area contributed by atoms with Crippen LogP contribution in [0.25, 0.3) is 0 Å². The molecule has 0 bridgehead atoms. The molecule has 6 heteroatoms. The zero-order chi connectivity index (χ0) is 15.5. The summed E-state index contributed by atoms with van der Waals surface area (Å²) in [4.78, 5) is 18.8. The molecule has 1 aliphatic rings. The van der Waals surface area contributed by atoms with Gasteiger partial charge in [-0.15, -0.1) is 0 Å². The third-order valence-corrected chi connectivity index (χ3v) is 4.00. The number of hydrogen-bond acceptors (Lipinski definition) is 4. The molecule has 1 fully saturated rings. The Morgan fingerprint density at radius 3 is 2.64 bits per heavy atom. The van der Waals surface area contributed by atoms with Gasteiger partial charge < -0.3 is 10.2 Å². The number of piperidine rings is 1. The lowest BCUT2D eigenvalue weighted by Crippen LogP contribution is -2.45. The fourth-order valence-corrected chi connectivity index (χ4v) is 2.70. The molecule has 0 radical (unpaired) electrons. The highest BCUT2D eigenvalue weighted by atomic mass is 16.2. The van der Waals surface area contributed by atoms with Crippen LogP contribution in [0.5, 0.6) is 0 Å². The van der Waals surface area contributed by atoms with Gasteiger partial charge in [-0.25, -0.2) is 4.98 Å². The monoisotopic (exact) mass is 299 g/mol. The minimum atomic E-state index is -0.0903. The van der Waals surface area contributed by atoms with Crippen LogP contribution in [0.3, 0.4) is 0 Å². The summed E-state index contributed by atoms with van der Waals surface area (Å²) in [5.74, 6) is 0.924. The summed E-state index contributed by atoms with van der Waals surface area (Å²) in [7, 11) is 1.81. The van der Waals surface area contributed by atoms with E-state index in [2.05, 4.69) is 32.4 Å². The summed E-state index contributed by atoms with van der Waals surface area (Å²) in [5, 5.41) is 7.20. The minimum absolute atomic E-state index is 0.0903. The summed E-state index contributed by atoms with van der Waals surface area (Å²) in [6, 6.07) is 6.08. The third-order valence-electron chi connectivity index (χ3n) is 4.00. The van der Waals surface area contributed by atoms with Crippen molar-refractivity contribution in [2.24, 2.45) is 7.05 Å². The molecule has 1 saturated heterocycles. The molecule has 6 nitrogen and oxygen atoms in total. The van der Waals surface area contributed by atoms with E-state index in [-0.39, 0.29) is 11.9 Å². The molecular formula is C16H21N5O. The smallest absolute Gasteiger partial charge is 0.271 e. The standard InChI is InChI=1S/C16H21N5O/c1-12-3-4-15(17-11-12)21-9-5-13(6-10-21)18-16(22)14-7-8-20(2)19-14/h3-4,7-8,11,13H,5-6,9-10H2,1-2H3,(H,18,22). The maximum atomic E-state index is 12.1. The maximum absolute atomic E-state index is 12.1. The zero-order valence-corrected chi connectivity index (χ0v) is 13.0. The number of aromatic nitrogens is 3. The van der Waals surface area contributed by atoms with Crippen LogP contribution in [0.15, 0.2) is 30.6 Å². The molecule has 0 atom stereocenters. The van der Waals surface area contributed by atoms with Gasteiger partial charge in [-0.3, -0.25) is 9.48 Å². The van der Waals surface area contributed by atoms with E-state index >= 15 is 0 Å². The van der Waals surface area contributed by atoms with Crippen LogP contribution < -0.4 is 10.2 Å². The summed E-state index contributed by atoms with van der Waals surface area (Å²) in [6.45, 7) is 3.85. The van der Waals surface area contributed by atoms with E-state index < -0.39 is 0 Å². The molecule has 2 aromatic heterocycles. The van der Waals surface area contributed by atoms with Crippen LogP contribution in [0.4, 0.5) is 5.82 Å². The van der Waals surface area contributed by atoms with Gasteiger partial charge in [0.2, 0.25) is 0 Å². The second-order valence-electron chi connectivity index (χ2n) is 5.80. The largest absolute Gasteiger partial charge is 0.356 e. The highest BCUT2D eigenvalue weighted by Crippen LogP contribution is 2.18. The van der Waals surface area contributed by atoms with Gasteiger partial charge in [-0.2, -0.15) is 5.10 Å². The summed E-state index contributed by atoms with van der Waals surface area (Å²) >= 11 is 0. The van der Waals surface area contributed by atoms with E-state index in [1.54, 1.807) is 16.9 Å². The van der Waals surface area contributed by atoms with Crippen molar-refractivity contribution < 1.29 is 4.79 Å². The predicted octanol–water partition coefficient (Wildman–Crippen LogP) is 1.52. The van der Waals surface area contributed by atoms with Gasteiger partial charge in [0.15, 0.2) is 0 Å². The Bertz CT molecular complexity index is 641. The first kappa shape index (κ1) is 14.6. The van der Waals surface area contributed by atoms with E-state index in [0.29, 0.717) is 5.69 Å². The van der Waals surface area contributed by atoms with Gasteiger partial charge in [0.1, 0.15) is 11.5 Å². The van der Waals surface area contributed by atoms with Crippen molar-refractivity contribution in [1.29, 1.82) is 0 Å². The van der Waals surface area contributed by atoms with Crippen molar-refractivity contribution in [1.82, 2.24) is 20.1 Å². The topological polar surface area (TPSA) is 63.1 Å². The van der Waals surface area contributed by atoms with Crippen molar-refractivity contribution in [2.75, 3.05) is 18.0 Å². The highest BCUT2D eigenvalue weighted by Gasteiger charge is 2.22. The number of pyridine rings is 1. The van der Waals surface area contributed by atoms with Crippen molar-refractivity contribution in [3.05, 3.63) is 41.9 Å². The average molecular weight is 299 g/mol. The van der Waals surface area contributed by atoms with Gasteiger partial charge >= 0.3 is 0 Å². The van der Waals surface area contributed by atoms with Gasteiger partial charge in [0.25, 0.3) is 5.91 Å². The number of anilines is 1. The minimum Gasteiger partial charge on any atom is -0.356 e. The molecule has 0 spiro atoms. The van der Waals surface area contributed by atoms with Crippen molar-refractivity contribution >= 4 is 11.7 Å². The fraction of sp³-hybridized carbons (Fsp3) is 0.438. The van der Waals surface area contributed by atoms with Crippen LogP contribution in [0, 0.1) is 6.92 Å². The second kappa shape index (κ2) is 6.17. The van der Waals surface area contributed by atoms with Crippen LogP contribution in [-0.2, 0) is 7.05 Å². The number of amides is 1. The van der Waals surface area contributed by atoms with E-state index in [9.17, 15) is 4.79 Å². The Labute approximate surface area is 130 Å². The van der Waals surface area contributed by atoms with Crippen LogP contribution >= 0.6 is 0 Å². The molecule has 1 amide bonds. The number of nitrogens with one attached hydrogen (secondary N) is 1. The van der Waals surface area contributed by atoms with Gasteiger partial charge in [-0.1, -0.05) is 6.07 Å². The van der Waals surface area contributed by atoms with E-state index in [1.165, 1.54) is 5.56 Å². The Morgan fingerprint density at radius 1 is 1.27 bits per heavy atom. The normalized spacial score (nSPS) is 15.8. The maximum Gasteiger partial charge on any atom is 0.271 e. The molecule has 116 valence electrons. The molecule has 22 heavy (non-hydrogen) atoms. The molecule has 3 heterocycles. The zero-order valence-electron chi connectivity index (χ0n) is 13.0.